The molecule has 2 rings (SSSR count). The van der Waals surface area contributed by atoms with Gasteiger partial charge in [0, 0.05) is 13.1 Å². The van der Waals surface area contributed by atoms with Crippen LogP contribution in [0, 0.1) is 11.6 Å². The first-order chi connectivity index (χ1) is 9.09. The summed E-state index contributed by atoms with van der Waals surface area (Å²) in [5, 5.41) is 2.16. The van der Waals surface area contributed by atoms with E-state index in [4.69, 9.17) is 17.0 Å². The van der Waals surface area contributed by atoms with Gasteiger partial charge in [0.15, 0.2) is 4.99 Å². The van der Waals surface area contributed by atoms with E-state index in [0.29, 0.717) is 26.3 Å². The Balaban J connectivity index is 2.06. The van der Waals surface area contributed by atoms with Crippen LogP contribution >= 0.6 is 12.2 Å². The van der Waals surface area contributed by atoms with Gasteiger partial charge in [0.1, 0.15) is 17.3 Å². The summed E-state index contributed by atoms with van der Waals surface area (Å²) in [4.78, 5) is 13.5. The van der Waals surface area contributed by atoms with Gasteiger partial charge in [-0.2, -0.15) is 0 Å². The molecule has 1 saturated heterocycles. The predicted octanol–water partition coefficient (Wildman–Crippen LogP) is 1.56. The fraction of sp³-hybridized carbons (Fsp3) is 0.333. The molecule has 0 radical (unpaired) electrons. The Kier molecular flexibility index (Phi) is 4.39. The van der Waals surface area contributed by atoms with E-state index in [1.54, 1.807) is 4.90 Å². The average molecular weight is 286 g/mol. The van der Waals surface area contributed by atoms with Crippen LogP contribution in [0.1, 0.15) is 0 Å². The second-order valence-corrected chi connectivity index (χ2v) is 4.34. The number of halogens is 2. The van der Waals surface area contributed by atoms with Crippen molar-refractivity contribution < 1.29 is 18.3 Å². The number of morpholine rings is 1. The maximum Gasteiger partial charge on any atom is 0.283 e. The lowest BCUT2D eigenvalue weighted by Crippen LogP contribution is -2.45. The van der Waals surface area contributed by atoms with Gasteiger partial charge in [-0.1, -0.05) is 18.3 Å². The van der Waals surface area contributed by atoms with Crippen LogP contribution in [-0.2, 0) is 9.53 Å². The summed E-state index contributed by atoms with van der Waals surface area (Å²) in [5.74, 6) is -2.36. The lowest BCUT2D eigenvalue weighted by atomic mass is 10.3. The number of para-hydroxylation sites is 1. The van der Waals surface area contributed by atoms with Crippen molar-refractivity contribution in [2.24, 2.45) is 0 Å². The molecule has 0 spiro atoms. The van der Waals surface area contributed by atoms with Crippen LogP contribution in [0.25, 0.3) is 0 Å². The topological polar surface area (TPSA) is 41.6 Å². The first-order valence-corrected chi connectivity index (χ1v) is 6.12. The lowest BCUT2D eigenvalue weighted by molar-refractivity contribution is -0.111. The van der Waals surface area contributed by atoms with Crippen LogP contribution in [0.3, 0.4) is 0 Å². The minimum Gasteiger partial charge on any atom is -0.378 e. The van der Waals surface area contributed by atoms with Crippen LogP contribution in [0.15, 0.2) is 18.2 Å². The number of amides is 1. The molecule has 1 aliphatic heterocycles. The largest absolute Gasteiger partial charge is 0.378 e. The summed E-state index contributed by atoms with van der Waals surface area (Å²) in [6.45, 7) is 1.93. The number of nitrogens with zero attached hydrogens (tertiary/aromatic N) is 1. The van der Waals surface area contributed by atoms with Crippen molar-refractivity contribution in [3.8, 4) is 0 Å². The number of benzene rings is 1. The molecule has 0 unspecified atom stereocenters. The summed E-state index contributed by atoms with van der Waals surface area (Å²) in [5.41, 5.74) is -0.483. The fourth-order valence-corrected chi connectivity index (χ4v) is 1.93. The minimum atomic E-state index is -0.835. The van der Waals surface area contributed by atoms with Crippen LogP contribution in [0.2, 0.25) is 0 Å². The molecule has 102 valence electrons. The fourth-order valence-electron chi connectivity index (χ4n) is 1.69. The van der Waals surface area contributed by atoms with Crippen LogP contribution in [-0.4, -0.2) is 42.1 Å². The Morgan fingerprint density at radius 2 is 1.84 bits per heavy atom. The quantitative estimate of drug-likeness (QED) is 0.796. The molecule has 4 nitrogen and oxygen atoms in total. The standard InChI is InChI=1S/C12H12F2N2O2S/c13-8-2-1-3-9(14)10(8)15-11(17)12(19)16-4-6-18-7-5-16/h1-3H,4-7H2,(H,15,17). The molecule has 1 aromatic rings. The molecule has 0 saturated carbocycles. The number of ether oxygens (including phenoxy) is 1. The third kappa shape index (κ3) is 3.24. The van der Waals surface area contributed by atoms with E-state index in [1.807, 2.05) is 0 Å². The molecule has 1 aliphatic rings. The molecule has 1 amide bonds. The number of rotatable bonds is 1. The van der Waals surface area contributed by atoms with E-state index in [2.05, 4.69) is 5.32 Å². The zero-order valence-electron chi connectivity index (χ0n) is 9.99. The number of hydrogen-bond donors (Lipinski definition) is 1. The summed E-state index contributed by atoms with van der Waals surface area (Å²) in [7, 11) is 0. The zero-order chi connectivity index (χ0) is 13.8. The van der Waals surface area contributed by atoms with Gasteiger partial charge in [0.2, 0.25) is 0 Å². The highest BCUT2D eigenvalue weighted by Crippen LogP contribution is 2.18. The van der Waals surface area contributed by atoms with Crippen molar-refractivity contribution in [1.29, 1.82) is 0 Å². The number of carbonyl (C=O) groups is 1. The molecule has 0 bridgehead atoms. The van der Waals surface area contributed by atoms with Crippen molar-refractivity contribution in [3.63, 3.8) is 0 Å². The normalized spacial score (nSPS) is 15.2. The summed E-state index contributed by atoms with van der Waals surface area (Å²) < 4.78 is 31.9. The average Bonchev–Trinajstić information content (AvgIpc) is 2.43. The molecule has 1 fully saturated rings. The van der Waals surface area contributed by atoms with Crippen molar-refractivity contribution in [3.05, 3.63) is 29.8 Å². The molecule has 19 heavy (non-hydrogen) atoms. The zero-order valence-corrected chi connectivity index (χ0v) is 10.8. The Hall–Kier alpha value is -1.60. The van der Waals surface area contributed by atoms with Gasteiger partial charge in [0.25, 0.3) is 5.91 Å². The second-order valence-electron chi connectivity index (χ2n) is 3.96. The highest BCUT2D eigenvalue weighted by molar-refractivity contribution is 7.82. The van der Waals surface area contributed by atoms with E-state index in [9.17, 15) is 13.6 Å². The van der Waals surface area contributed by atoms with Gasteiger partial charge in [0.05, 0.1) is 13.2 Å². The minimum absolute atomic E-state index is 0.00551. The Morgan fingerprint density at radius 1 is 1.26 bits per heavy atom. The van der Waals surface area contributed by atoms with E-state index in [0.717, 1.165) is 12.1 Å². The van der Waals surface area contributed by atoms with Gasteiger partial charge < -0.3 is 15.0 Å². The molecular weight excluding hydrogens is 274 g/mol. The SMILES string of the molecule is O=C(Nc1c(F)cccc1F)C(=S)N1CCOCC1. The van der Waals surface area contributed by atoms with Gasteiger partial charge in [-0.15, -0.1) is 0 Å². The number of hydrogen-bond acceptors (Lipinski definition) is 3. The van der Waals surface area contributed by atoms with Crippen molar-refractivity contribution in [2.45, 2.75) is 0 Å². The van der Waals surface area contributed by atoms with E-state index >= 15 is 0 Å². The maximum absolute atomic E-state index is 13.4. The van der Waals surface area contributed by atoms with Gasteiger partial charge in [-0.25, -0.2) is 8.78 Å². The van der Waals surface area contributed by atoms with Crippen molar-refractivity contribution in [2.75, 3.05) is 31.6 Å². The third-order valence-electron chi connectivity index (χ3n) is 2.69. The van der Waals surface area contributed by atoms with E-state index < -0.39 is 23.2 Å². The molecule has 0 aromatic heterocycles. The Morgan fingerprint density at radius 3 is 2.42 bits per heavy atom. The molecule has 1 N–H and O–H groups in total. The van der Waals surface area contributed by atoms with Gasteiger partial charge in [-0.3, -0.25) is 4.79 Å². The number of carbonyl (C=O) groups excluding carboxylic acids is 1. The molecule has 0 atom stereocenters. The van der Waals surface area contributed by atoms with Gasteiger partial charge >= 0.3 is 0 Å². The molecule has 7 heteroatoms. The first-order valence-electron chi connectivity index (χ1n) is 5.71. The van der Waals surface area contributed by atoms with Gasteiger partial charge in [-0.05, 0) is 12.1 Å². The molecule has 0 aliphatic carbocycles. The first kappa shape index (κ1) is 13.8. The van der Waals surface area contributed by atoms with Crippen LogP contribution in [0.5, 0.6) is 0 Å². The molecule has 1 aromatic carbocycles. The van der Waals surface area contributed by atoms with Crippen LogP contribution < -0.4 is 5.32 Å². The highest BCUT2D eigenvalue weighted by atomic mass is 32.1. The maximum atomic E-state index is 13.4. The molecule has 1 heterocycles. The van der Waals surface area contributed by atoms with E-state index in [-0.39, 0.29) is 4.99 Å². The number of thiocarbonyl (C=S) groups is 1. The summed E-state index contributed by atoms with van der Waals surface area (Å²) >= 11 is 5.00. The Bertz CT molecular complexity index is 484. The van der Waals surface area contributed by atoms with Crippen molar-refractivity contribution >= 4 is 28.8 Å². The van der Waals surface area contributed by atoms with Crippen LogP contribution in [0.4, 0.5) is 14.5 Å². The van der Waals surface area contributed by atoms with Crippen molar-refractivity contribution in [1.82, 2.24) is 4.90 Å². The Labute approximate surface area is 114 Å². The number of nitrogens with one attached hydrogen (secondary N) is 1. The smallest absolute Gasteiger partial charge is 0.283 e. The highest BCUT2D eigenvalue weighted by Gasteiger charge is 2.21. The predicted molar refractivity (Wildman–Crippen MR) is 70.0 cm³/mol. The second kappa shape index (κ2) is 6.03. The summed E-state index contributed by atoms with van der Waals surface area (Å²) in [6.07, 6.45) is 0. The summed E-state index contributed by atoms with van der Waals surface area (Å²) in [6, 6.07) is 3.35. The monoisotopic (exact) mass is 286 g/mol. The number of anilines is 1. The third-order valence-corrected chi connectivity index (χ3v) is 3.14. The lowest BCUT2D eigenvalue weighted by Gasteiger charge is -2.28. The molecular formula is C12H12F2N2O2S. The van der Waals surface area contributed by atoms with E-state index in [1.165, 1.54) is 6.07 Å².